The third-order valence-corrected chi connectivity index (χ3v) is 5.49. The number of nitrogens with zero attached hydrogens (tertiary/aromatic N) is 2. The van der Waals surface area contributed by atoms with Gasteiger partial charge in [-0.3, -0.25) is 9.78 Å². The van der Waals surface area contributed by atoms with Gasteiger partial charge in [-0.1, -0.05) is 23.2 Å². The smallest absolute Gasteiger partial charge is 0.230 e. The van der Waals surface area contributed by atoms with Crippen LogP contribution in [-0.2, 0) is 11.2 Å². The first-order chi connectivity index (χ1) is 14.6. The summed E-state index contributed by atoms with van der Waals surface area (Å²) in [7, 11) is 0. The molecule has 0 atom stereocenters. The van der Waals surface area contributed by atoms with Gasteiger partial charge in [0.2, 0.25) is 5.91 Å². The van der Waals surface area contributed by atoms with E-state index in [0.29, 0.717) is 32.9 Å². The van der Waals surface area contributed by atoms with E-state index in [2.05, 4.69) is 15.3 Å². The van der Waals surface area contributed by atoms with Crippen molar-refractivity contribution in [2.75, 3.05) is 5.32 Å². The second-order valence-corrected chi connectivity index (χ2v) is 8.04. The Labute approximate surface area is 187 Å². The third-order valence-electron chi connectivity index (χ3n) is 4.06. The van der Waals surface area contributed by atoms with Crippen LogP contribution in [0.2, 0.25) is 10.0 Å². The Kier molecular flexibility index (Phi) is 6.28. The SMILES string of the molecule is O=C(Cc1csc(-c2cccnc2)n1)Nc1cc(Cl)ccc1Oc1ccc(Cl)cc1. The molecule has 0 aliphatic carbocycles. The number of rotatable bonds is 6. The van der Waals surface area contributed by atoms with Gasteiger partial charge < -0.3 is 10.1 Å². The van der Waals surface area contributed by atoms with Gasteiger partial charge in [-0.05, 0) is 54.6 Å². The number of hydrogen-bond acceptors (Lipinski definition) is 5. The van der Waals surface area contributed by atoms with Crippen molar-refractivity contribution in [3.05, 3.63) is 88.1 Å². The maximum Gasteiger partial charge on any atom is 0.230 e. The molecular formula is C22H15Cl2N3O2S. The molecule has 2 aromatic carbocycles. The number of halogens is 2. The number of carbonyl (C=O) groups excluding carboxylic acids is 1. The largest absolute Gasteiger partial charge is 0.455 e. The van der Waals surface area contributed by atoms with Crippen LogP contribution >= 0.6 is 34.5 Å². The molecule has 0 unspecified atom stereocenters. The summed E-state index contributed by atoms with van der Waals surface area (Å²) in [5.74, 6) is 0.850. The number of hydrogen-bond donors (Lipinski definition) is 1. The Morgan fingerprint density at radius 2 is 1.87 bits per heavy atom. The molecular weight excluding hydrogens is 441 g/mol. The minimum atomic E-state index is -0.221. The fourth-order valence-electron chi connectivity index (χ4n) is 2.69. The van der Waals surface area contributed by atoms with E-state index in [1.54, 1.807) is 54.9 Å². The molecule has 1 amide bonds. The van der Waals surface area contributed by atoms with E-state index in [9.17, 15) is 4.79 Å². The minimum Gasteiger partial charge on any atom is -0.455 e. The topological polar surface area (TPSA) is 64.1 Å². The van der Waals surface area contributed by atoms with Gasteiger partial charge in [0.15, 0.2) is 5.75 Å². The summed E-state index contributed by atoms with van der Waals surface area (Å²) in [4.78, 5) is 21.2. The summed E-state index contributed by atoms with van der Waals surface area (Å²) in [5.41, 5.74) is 2.08. The molecule has 8 heteroatoms. The Bertz CT molecular complexity index is 1160. The van der Waals surface area contributed by atoms with Crippen LogP contribution in [0.5, 0.6) is 11.5 Å². The minimum absolute atomic E-state index is 0.129. The van der Waals surface area contributed by atoms with Crippen LogP contribution in [0.15, 0.2) is 72.4 Å². The number of pyridine rings is 1. The number of amides is 1. The van der Waals surface area contributed by atoms with Gasteiger partial charge in [-0.2, -0.15) is 0 Å². The van der Waals surface area contributed by atoms with Gasteiger partial charge in [-0.25, -0.2) is 4.98 Å². The highest BCUT2D eigenvalue weighted by Crippen LogP contribution is 2.33. The molecule has 2 aromatic heterocycles. The fraction of sp³-hybridized carbons (Fsp3) is 0.0455. The van der Waals surface area contributed by atoms with Gasteiger partial charge in [-0.15, -0.1) is 11.3 Å². The second-order valence-electron chi connectivity index (χ2n) is 6.31. The normalized spacial score (nSPS) is 10.6. The number of thiazole rings is 1. The van der Waals surface area contributed by atoms with E-state index in [-0.39, 0.29) is 12.3 Å². The van der Waals surface area contributed by atoms with E-state index in [1.807, 2.05) is 17.5 Å². The number of benzene rings is 2. The lowest BCUT2D eigenvalue weighted by molar-refractivity contribution is -0.115. The van der Waals surface area contributed by atoms with E-state index < -0.39 is 0 Å². The molecule has 4 aromatic rings. The number of anilines is 1. The molecule has 0 radical (unpaired) electrons. The van der Waals surface area contributed by atoms with E-state index >= 15 is 0 Å². The molecule has 30 heavy (non-hydrogen) atoms. The molecule has 0 bridgehead atoms. The zero-order valence-electron chi connectivity index (χ0n) is 15.5. The Balaban J connectivity index is 1.47. The average molecular weight is 456 g/mol. The second kappa shape index (κ2) is 9.26. The van der Waals surface area contributed by atoms with Crippen molar-refractivity contribution in [2.24, 2.45) is 0 Å². The monoisotopic (exact) mass is 455 g/mol. The lowest BCUT2D eigenvalue weighted by atomic mass is 10.2. The first-order valence-electron chi connectivity index (χ1n) is 8.94. The van der Waals surface area contributed by atoms with Gasteiger partial charge >= 0.3 is 0 Å². The standard InChI is InChI=1S/C22H15Cl2N3O2S/c23-15-3-6-18(7-4-15)29-20-8-5-16(24)10-19(20)27-21(28)11-17-13-30-22(26-17)14-2-1-9-25-12-14/h1-10,12-13H,11H2,(H,27,28). The molecule has 2 heterocycles. The molecule has 0 aliphatic heterocycles. The van der Waals surface area contributed by atoms with Gasteiger partial charge in [0.1, 0.15) is 10.8 Å². The molecule has 5 nitrogen and oxygen atoms in total. The summed E-state index contributed by atoms with van der Waals surface area (Å²) in [5, 5.41) is 6.64. The Hall–Kier alpha value is -2.93. The molecule has 150 valence electrons. The van der Waals surface area contributed by atoms with Crippen LogP contribution in [0.1, 0.15) is 5.69 Å². The van der Waals surface area contributed by atoms with Crippen LogP contribution in [0.4, 0.5) is 5.69 Å². The number of nitrogens with one attached hydrogen (secondary N) is 1. The van der Waals surface area contributed by atoms with E-state index in [1.165, 1.54) is 11.3 Å². The summed E-state index contributed by atoms with van der Waals surface area (Å²) < 4.78 is 5.88. The Morgan fingerprint density at radius 1 is 1.07 bits per heavy atom. The van der Waals surface area contributed by atoms with Crippen molar-refractivity contribution in [1.82, 2.24) is 9.97 Å². The van der Waals surface area contributed by atoms with Crippen molar-refractivity contribution >= 4 is 46.1 Å². The van der Waals surface area contributed by atoms with Crippen molar-refractivity contribution < 1.29 is 9.53 Å². The van der Waals surface area contributed by atoms with Crippen LogP contribution < -0.4 is 10.1 Å². The van der Waals surface area contributed by atoms with Gasteiger partial charge in [0.05, 0.1) is 17.8 Å². The quantitative estimate of drug-likeness (QED) is 0.361. The number of ether oxygens (including phenoxy) is 1. The molecule has 4 rings (SSSR count). The van der Waals surface area contributed by atoms with Gasteiger partial charge in [0.25, 0.3) is 0 Å². The van der Waals surface area contributed by atoms with Gasteiger partial charge in [0, 0.05) is 33.4 Å². The molecule has 0 spiro atoms. The lowest BCUT2D eigenvalue weighted by Gasteiger charge is -2.12. The predicted molar refractivity (Wildman–Crippen MR) is 121 cm³/mol. The highest BCUT2D eigenvalue weighted by molar-refractivity contribution is 7.13. The fourth-order valence-corrected chi connectivity index (χ4v) is 3.80. The first kappa shape index (κ1) is 20.3. The maximum atomic E-state index is 12.6. The van der Waals surface area contributed by atoms with E-state index in [0.717, 1.165) is 10.6 Å². The molecule has 1 N–H and O–H groups in total. The average Bonchev–Trinajstić information content (AvgIpc) is 3.20. The summed E-state index contributed by atoms with van der Waals surface area (Å²) in [6.45, 7) is 0. The zero-order chi connectivity index (χ0) is 20.9. The highest BCUT2D eigenvalue weighted by Gasteiger charge is 2.13. The van der Waals surface area contributed by atoms with Crippen molar-refractivity contribution in [2.45, 2.75) is 6.42 Å². The van der Waals surface area contributed by atoms with Crippen molar-refractivity contribution in [3.63, 3.8) is 0 Å². The summed E-state index contributed by atoms with van der Waals surface area (Å²) in [6.07, 6.45) is 3.58. The van der Waals surface area contributed by atoms with Crippen LogP contribution in [-0.4, -0.2) is 15.9 Å². The number of aromatic nitrogens is 2. The van der Waals surface area contributed by atoms with Crippen molar-refractivity contribution in [1.29, 1.82) is 0 Å². The summed E-state index contributed by atoms with van der Waals surface area (Å²) >= 11 is 13.5. The molecule has 0 aliphatic rings. The lowest BCUT2D eigenvalue weighted by Crippen LogP contribution is -2.15. The molecule has 0 saturated heterocycles. The zero-order valence-corrected chi connectivity index (χ0v) is 17.8. The Morgan fingerprint density at radius 3 is 2.63 bits per heavy atom. The van der Waals surface area contributed by atoms with E-state index in [4.69, 9.17) is 27.9 Å². The van der Waals surface area contributed by atoms with Crippen LogP contribution in [0, 0.1) is 0 Å². The van der Waals surface area contributed by atoms with Crippen LogP contribution in [0.3, 0.4) is 0 Å². The molecule has 0 fully saturated rings. The maximum absolute atomic E-state index is 12.6. The predicted octanol–water partition coefficient (Wildman–Crippen LogP) is 6.49. The highest BCUT2D eigenvalue weighted by atomic mass is 35.5. The van der Waals surface area contributed by atoms with Crippen molar-refractivity contribution in [3.8, 4) is 22.1 Å². The number of carbonyl (C=O) groups is 1. The molecule has 0 saturated carbocycles. The van der Waals surface area contributed by atoms with Crippen LogP contribution in [0.25, 0.3) is 10.6 Å². The summed E-state index contributed by atoms with van der Waals surface area (Å²) in [6, 6.07) is 15.8. The first-order valence-corrected chi connectivity index (χ1v) is 10.6. The third kappa shape index (κ3) is 5.16.